The first kappa shape index (κ1) is 9.14. The number of rotatable bonds is 0. The molecule has 0 bridgehead atoms. The van der Waals surface area contributed by atoms with Crippen LogP contribution in [0.15, 0.2) is 28.2 Å². The van der Waals surface area contributed by atoms with Gasteiger partial charge in [-0.2, -0.15) is 0 Å². The lowest BCUT2D eigenvalue weighted by molar-refractivity contribution is 1.03. The van der Waals surface area contributed by atoms with Crippen molar-refractivity contribution in [3.63, 3.8) is 0 Å². The molecule has 2 aromatic carbocycles. The van der Waals surface area contributed by atoms with Gasteiger partial charge in [0, 0.05) is 5.39 Å². The molecule has 1 aromatic heterocycles. The Balaban J connectivity index is 2.34. The Hall–Kier alpha value is -0.930. The van der Waals surface area contributed by atoms with E-state index < -0.39 is 0 Å². The monoisotopic (exact) mass is 289 g/mol. The Morgan fingerprint density at radius 1 is 1.19 bits per heavy atom. The largest absolute Gasteiger partial charge is 0.228 e. The van der Waals surface area contributed by atoms with E-state index >= 15 is 0 Å². The predicted octanol–water partition coefficient (Wildman–Crippen LogP) is 4.31. The Morgan fingerprint density at radius 2 is 2.06 bits per heavy atom. The van der Waals surface area contributed by atoms with Crippen LogP contribution in [0.3, 0.4) is 0 Å². The number of hydrogen-bond acceptors (Lipinski definition) is 2. The van der Waals surface area contributed by atoms with Gasteiger partial charge in [-0.3, -0.25) is 0 Å². The van der Waals surface area contributed by atoms with Crippen molar-refractivity contribution in [3.05, 3.63) is 39.3 Å². The maximum absolute atomic E-state index is 4.59. The van der Waals surface area contributed by atoms with Crippen LogP contribution in [0.25, 0.3) is 21.0 Å². The van der Waals surface area contributed by atoms with Crippen LogP contribution in [0, 0.1) is 0 Å². The van der Waals surface area contributed by atoms with Gasteiger partial charge in [0.1, 0.15) is 0 Å². The van der Waals surface area contributed by atoms with E-state index in [4.69, 9.17) is 0 Å². The Morgan fingerprint density at radius 3 is 3.00 bits per heavy atom. The predicted molar refractivity (Wildman–Crippen MR) is 72.2 cm³/mol. The normalized spacial score (nSPS) is 14.1. The van der Waals surface area contributed by atoms with Gasteiger partial charge in [-0.25, -0.2) is 4.98 Å². The molecule has 0 unspecified atom stereocenters. The fourth-order valence-electron chi connectivity index (χ4n) is 2.68. The molecule has 0 spiro atoms. The van der Waals surface area contributed by atoms with Crippen molar-refractivity contribution in [2.75, 3.05) is 0 Å². The molecule has 0 amide bonds. The molecule has 4 rings (SSSR count). The highest BCUT2D eigenvalue weighted by atomic mass is 79.9. The highest BCUT2D eigenvalue weighted by Gasteiger charge is 2.17. The number of nitrogens with zero attached hydrogens (tertiary/aromatic N) is 1. The van der Waals surface area contributed by atoms with Gasteiger partial charge in [-0.15, -0.1) is 11.3 Å². The Labute approximate surface area is 105 Å². The second kappa shape index (κ2) is 3.05. The molecule has 16 heavy (non-hydrogen) atoms. The summed E-state index contributed by atoms with van der Waals surface area (Å²) in [7, 11) is 0. The zero-order valence-corrected chi connectivity index (χ0v) is 10.9. The minimum Gasteiger partial charge on any atom is -0.228 e. The van der Waals surface area contributed by atoms with Crippen LogP contribution in [0.2, 0.25) is 0 Å². The average Bonchev–Trinajstić information content (AvgIpc) is 2.84. The summed E-state index contributed by atoms with van der Waals surface area (Å²) in [6, 6.07) is 8.91. The summed E-state index contributed by atoms with van der Waals surface area (Å²) in [6.45, 7) is 0. The lowest BCUT2D eigenvalue weighted by atomic mass is 10.0. The molecule has 1 heterocycles. The van der Waals surface area contributed by atoms with E-state index in [1.807, 2.05) is 0 Å². The van der Waals surface area contributed by atoms with Crippen molar-refractivity contribution in [2.24, 2.45) is 0 Å². The van der Waals surface area contributed by atoms with Gasteiger partial charge < -0.3 is 0 Å². The number of thiazole rings is 1. The second-order valence-electron chi connectivity index (χ2n) is 4.19. The molecule has 0 saturated carbocycles. The molecule has 3 aromatic rings. The number of halogens is 1. The summed E-state index contributed by atoms with van der Waals surface area (Å²) in [5, 5.41) is 2.78. The van der Waals surface area contributed by atoms with Gasteiger partial charge in [0.15, 0.2) is 3.92 Å². The summed E-state index contributed by atoms with van der Waals surface area (Å²) >= 11 is 5.20. The first-order valence-corrected chi connectivity index (χ1v) is 6.93. The minimum absolute atomic E-state index is 0.979. The smallest absolute Gasteiger partial charge is 0.160 e. The van der Waals surface area contributed by atoms with Gasteiger partial charge in [0.05, 0.1) is 10.2 Å². The van der Waals surface area contributed by atoms with Crippen molar-refractivity contribution in [2.45, 2.75) is 12.8 Å². The van der Waals surface area contributed by atoms with Crippen molar-refractivity contribution in [1.29, 1.82) is 0 Å². The highest BCUT2D eigenvalue weighted by molar-refractivity contribution is 9.11. The van der Waals surface area contributed by atoms with E-state index in [9.17, 15) is 0 Å². The zero-order chi connectivity index (χ0) is 10.7. The summed E-state index contributed by atoms with van der Waals surface area (Å²) in [5.74, 6) is 0. The van der Waals surface area contributed by atoms with E-state index in [-0.39, 0.29) is 0 Å². The number of aromatic nitrogens is 1. The number of fused-ring (bicyclic) bond motifs is 2. The van der Waals surface area contributed by atoms with Crippen molar-refractivity contribution in [1.82, 2.24) is 4.98 Å². The lowest BCUT2D eigenvalue weighted by Gasteiger charge is -2.02. The fourth-order valence-corrected chi connectivity index (χ4v) is 4.15. The second-order valence-corrected chi connectivity index (χ2v) is 6.50. The van der Waals surface area contributed by atoms with E-state index in [0.29, 0.717) is 0 Å². The molecule has 0 atom stereocenters. The van der Waals surface area contributed by atoms with Crippen LogP contribution in [0.1, 0.15) is 11.1 Å². The average molecular weight is 290 g/mol. The maximum Gasteiger partial charge on any atom is 0.160 e. The van der Waals surface area contributed by atoms with Crippen LogP contribution in [0.4, 0.5) is 0 Å². The van der Waals surface area contributed by atoms with E-state index in [1.165, 1.54) is 39.4 Å². The van der Waals surface area contributed by atoms with Crippen molar-refractivity contribution in [3.8, 4) is 0 Å². The first-order chi connectivity index (χ1) is 7.83. The third-order valence-corrected chi connectivity index (χ3v) is 4.78. The number of aryl methyl sites for hydroxylation is 2. The minimum atomic E-state index is 0.979. The molecule has 1 nitrogen and oxygen atoms in total. The quantitative estimate of drug-likeness (QED) is 0.601. The molecule has 0 fully saturated rings. The van der Waals surface area contributed by atoms with Crippen LogP contribution in [-0.4, -0.2) is 4.98 Å². The van der Waals surface area contributed by atoms with Crippen LogP contribution < -0.4 is 0 Å². The molecule has 1 aliphatic rings. The van der Waals surface area contributed by atoms with Crippen molar-refractivity contribution < 1.29 is 0 Å². The maximum atomic E-state index is 4.59. The molecule has 0 saturated heterocycles. The first-order valence-electron chi connectivity index (χ1n) is 5.32. The Kier molecular flexibility index (Phi) is 1.74. The van der Waals surface area contributed by atoms with Gasteiger partial charge >= 0.3 is 0 Å². The summed E-state index contributed by atoms with van der Waals surface area (Å²) < 4.78 is 2.28. The van der Waals surface area contributed by atoms with Gasteiger partial charge in [-0.05, 0) is 51.4 Å². The van der Waals surface area contributed by atoms with E-state index in [0.717, 1.165) is 9.43 Å². The highest BCUT2D eigenvalue weighted by Crippen LogP contribution is 2.38. The van der Waals surface area contributed by atoms with Gasteiger partial charge in [0.25, 0.3) is 0 Å². The SMILES string of the molecule is Brc1nc2c(cc3c4c(cccc42)CC3)s1. The number of benzene rings is 2. The van der Waals surface area contributed by atoms with Crippen LogP contribution in [-0.2, 0) is 12.8 Å². The van der Waals surface area contributed by atoms with Gasteiger partial charge in [-0.1, -0.05) is 18.2 Å². The summed E-state index contributed by atoms with van der Waals surface area (Å²) in [5.41, 5.74) is 4.13. The van der Waals surface area contributed by atoms with Crippen LogP contribution in [0.5, 0.6) is 0 Å². The molecular formula is C13H8BrNS. The van der Waals surface area contributed by atoms with E-state index in [2.05, 4.69) is 45.2 Å². The van der Waals surface area contributed by atoms with E-state index in [1.54, 1.807) is 11.3 Å². The lowest BCUT2D eigenvalue weighted by Crippen LogP contribution is -1.80. The van der Waals surface area contributed by atoms with Crippen molar-refractivity contribution >= 4 is 48.3 Å². The molecule has 3 heteroatoms. The third kappa shape index (κ3) is 1.08. The topological polar surface area (TPSA) is 12.9 Å². The molecule has 0 aliphatic heterocycles. The summed E-state index contributed by atoms with van der Waals surface area (Å²) in [6.07, 6.45) is 2.37. The fraction of sp³-hybridized carbons (Fsp3) is 0.154. The summed E-state index contributed by atoms with van der Waals surface area (Å²) in [4.78, 5) is 4.59. The molecule has 78 valence electrons. The van der Waals surface area contributed by atoms with Crippen LogP contribution >= 0.6 is 27.3 Å². The third-order valence-electron chi connectivity index (χ3n) is 3.32. The standard InChI is InChI=1S/C13H8BrNS/c14-13-15-12-9-3-1-2-7-4-5-8(11(7)9)6-10(12)16-13/h1-3,6H,4-5H2. The Bertz CT molecular complexity index is 729. The molecule has 0 radical (unpaired) electrons. The molecule has 0 N–H and O–H groups in total. The number of hydrogen-bond donors (Lipinski definition) is 0. The molecular weight excluding hydrogens is 282 g/mol. The zero-order valence-electron chi connectivity index (χ0n) is 8.46. The molecule has 1 aliphatic carbocycles. The van der Waals surface area contributed by atoms with Gasteiger partial charge in [0.2, 0.25) is 0 Å².